The molecule has 0 bridgehead atoms. The molecule has 0 fully saturated rings. The maximum atomic E-state index is 12.4. The van der Waals surface area contributed by atoms with Crippen molar-refractivity contribution in [3.8, 4) is 0 Å². The number of fused-ring (bicyclic) bond motifs is 1. The van der Waals surface area contributed by atoms with Crippen LogP contribution in [-0.2, 0) is 15.8 Å². The number of carbonyl (C=O) groups is 2. The van der Waals surface area contributed by atoms with Crippen molar-refractivity contribution in [1.82, 2.24) is 15.2 Å². The highest BCUT2D eigenvalue weighted by Gasteiger charge is 2.35. The molecule has 1 aromatic heterocycles. The zero-order valence-corrected chi connectivity index (χ0v) is 12.1. The number of benzene rings is 1. The van der Waals surface area contributed by atoms with Gasteiger partial charge in [0.15, 0.2) is 0 Å². The first kappa shape index (κ1) is 16.0. The van der Waals surface area contributed by atoms with E-state index in [9.17, 15) is 22.8 Å². The largest absolute Gasteiger partial charge is 0.451 e. The number of amides is 2. The number of hydrogen-bond acceptors (Lipinski definition) is 4. The lowest BCUT2D eigenvalue weighted by atomic mass is 9.88. The normalized spacial score (nSPS) is 17.1. The standard InChI is InChI=1S/C14H12F3N5O2/c15-14(16,17)12-20-13(22-21-12)19-11(24)6-7-5-10(23)18-9-4-2-1-3-8(7)9/h1-4,7H,5-6H2,(H,18,23)(H2,19,20,21,22,24). The molecular formula is C14H12F3N5O2. The highest BCUT2D eigenvalue weighted by molar-refractivity contribution is 5.96. The van der Waals surface area contributed by atoms with Crippen LogP contribution < -0.4 is 10.6 Å². The van der Waals surface area contributed by atoms with E-state index in [1.54, 1.807) is 29.4 Å². The third-order valence-corrected chi connectivity index (χ3v) is 3.54. The van der Waals surface area contributed by atoms with E-state index in [0.29, 0.717) is 5.69 Å². The van der Waals surface area contributed by atoms with Crippen LogP contribution in [0.5, 0.6) is 0 Å². The smallest absolute Gasteiger partial charge is 0.326 e. The number of rotatable bonds is 3. The van der Waals surface area contributed by atoms with Crippen LogP contribution in [0.3, 0.4) is 0 Å². The molecule has 0 aliphatic carbocycles. The predicted molar refractivity (Wildman–Crippen MR) is 77.1 cm³/mol. The molecule has 1 aliphatic heterocycles. The summed E-state index contributed by atoms with van der Waals surface area (Å²) < 4.78 is 37.3. The molecule has 24 heavy (non-hydrogen) atoms. The molecule has 1 atom stereocenters. The maximum absolute atomic E-state index is 12.4. The fourth-order valence-corrected chi connectivity index (χ4v) is 2.53. The van der Waals surface area contributed by atoms with Gasteiger partial charge in [-0.05, 0) is 11.6 Å². The molecule has 2 heterocycles. The minimum absolute atomic E-state index is 0.0691. The number of carbonyl (C=O) groups excluding carboxylic acids is 2. The minimum Gasteiger partial charge on any atom is -0.326 e. The summed E-state index contributed by atoms with van der Waals surface area (Å²) in [6, 6.07) is 7.06. The van der Waals surface area contributed by atoms with Gasteiger partial charge < -0.3 is 5.32 Å². The summed E-state index contributed by atoms with van der Waals surface area (Å²) >= 11 is 0. The van der Waals surface area contributed by atoms with E-state index in [2.05, 4.69) is 20.7 Å². The predicted octanol–water partition coefficient (Wildman–Crippen LogP) is 2.28. The topological polar surface area (TPSA) is 99.8 Å². The van der Waals surface area contributed by atoms with Crippen LogP contribution in [0.2, 0.25) is 0 Å². The second kappa shape index (κ2) is 5.95. The average Bonchev–Trinajstić information content (AvgIpc) is 2.95. The van der Waals surface area contributed by atoms with Crippen molar-refractivity contribution >= 4 is 23.5 Å². The number of nitrogens with one attached hydrogen (secondary N) is 3. The molecule has 2 aromatic rings. The Morgan fingerprint density at radius 1 is 1.33 bits per heavy atom. The van der Waals surface area contributed by atoms with Crippen LogP contribution in [0.4, 0.5) is 24.8 Å². The molecule has 7 nitrogen and oxygen atoms in total. The molecule has 3 N–H and O–H groups in total. The fourth-order valence-electron chi connectivity index (χ4n) is 2.53. The monoisotopic (exact) mass is 339 g/mol. The van der Waals surface area contributed by atoms with E-state index in [1.807, 2.05) is 0 Å². The Kier molecular flexibility index (Phi) is 3.96. The Morgan fingerprint density at radius 3 is 2.79 bits per heavy atom. The molecule has 3 rings (SSSR count). The molecule has 10 heteroatoms. The number of anilines is 2. The first-order chi connectivity index (χ1) is 11.3. The first-order valence-electron chi connectivity index (χ1n) is 7.01. The Hall–Kier alpha value is -2.91. The summed E-state index contributed by atoms with van der Waals surface area (Å²) in [5.74, 6) is -2.90. The SMILES string of the molecule is O=C(CC1CC(=O)Nc2ccccc21)Nc1n[nH]c(C(F)(F)F)n1. The van der Waals surface area contributed by atoms with Crippen LogP contribution >= 0.6 is 0 Å². The number of aromatic nitrogens is 3. The Morgan fingerprint density at radius 2 is 2.08 bits per heavy atom. The maximum Gasteiger partial charge on any atom is 0.451 e. The van der Waals surface area contributed by atoms with E-state index in [4.69, 9.17) is 0 Å². The van der Waals surface area contributed by atoms with E-state index >= 15 is 0 Å². The molecule has 126 valence electrons. The zero-order chi connectivity index (χ0) is 17.3. The molecule has 1 aliphatic rings. The van der Waals surface area contributed by atoms with Gasteiger partial charge in [-0.1, -0.05) is 18.2 Å². The fraction of sp³-hybridized carbons (Fsp3) is 0.286. The minimum atomic E-state index is -4.67. The third kappa shape index (κ3) is 3.36. The highest BCUT2D eigenvalue weighted by Crippen LogP contribution is 2.34. The number of para-hydroxylation sites is 1. The van der Waals surface area contributed by atoms with Crippen molar-refractivity contribution in [2.75, 3.05) is 10.6 Å². The van der Waals surface area contributed by atoms with Crippen molar-refractivity contribution in [2.45, 2.75) is 24.9 Å². The van der Waals surface area contributed by atoms with Gasteiger partial charge >= 0.3 is 6.18 Å². The first-order valence-corrected chi connectivity index (χ1v) is 7.01. The lowest BCUT2D eigenvalue weighted by Gasteiger charge is -2.24. The number of halogens is 3. The van der Waals surface area contributed by atoms with Crippen molar-refractivity contribution in [3.63, 3.8) is 0 Å². The lowest BCUT2D eigenvalue weighted by Crippen LogP contribution is -2.26. The molecule has 0 radical (unpaired) electrons. The van der Waals surface area contributed by atoms with Crippen LogP contribution in [0.1, 0.15) is 30.1 Å². The summed E-state index contributed by atoms with van der Waals surface area (Å²) in [6.07, 6.45) is -4.62. The van der Waals surface area contributed by atoms with Crippen LogP contribution in [0, 0.1) is 0 Å². The summed E-state index contributed by atoms with van der Waals surface area (Å²) in [6.45, 7) is 0. The number of H-pyrrole nitrogens is 1. The van der Waals surface area contributed by atoms with Crippen LogP contribution in [0.15, 0.2) is 24.3 Å². The summed E-state index contributed by atoms with van der Waals surface area (Å²) in [7, 11) is 0. The van der Waals surface area contributed by atoms with Gasteiger partial charge in [-0.25, -0.2) is 0 Å². The van der Waals surface area contributed by atoms with Gasteiger partial charge in [0.05, 0.1) is 0 Å². The number of hydrogen-bond donors (Lipinski definition) is 3. The zero-order valence-electron chi connectivity index (χ0n) is 12.1. The number of nitrogens with zero attached hydrogens (tertiary/aromatic N) is 2. The highest BCUT2D eigenvalue weighted by atomic mass is 19.4. The Labute approximate surface area is 133 Å². The van der Waals surface area contributed by atoms with Crippen molar-refractivity contribution in [2.24, 2.45) is 0 Å². The van der Waals surface area contributed by atoms with Crippen molar-refractivity contribution in [1.29, 1.82) is 0 Å². The van der Waals surface area contributed by atoms with Gasteiger partial charge in [0.2, 0.25) is 23.6 Å². The van der Waals surface area contributed by atoms with Gasteiger partial charge in [0.1, 0.15) is 0 Å². The van der Waals surface area contributed by atoms with Crippen molar-refractivity contribution < 1.29 is 22.8 Å². The molecular weight excluding hydrogens is 327 g/mol. The third-order valence-electron chi connectivity index (χ3n) is 3.54. The Balaban J connectivity index is 1.69. The Bertz CT molecular complexity index is 787. The molecule has 0 spiro atoms. The average molecular weight is 339 g/mol. The number of alkyl halides is 3. The molecule has 1 unspecified atom stereocenters. The lowest BCUT2D eigenvalue weighted by molar-refractivity contribution is -0.144. The second-order valence-electron chi connectivity index (χ2n) is 5.29. The number of aromatic amines is 1. The second-order valence-corrected chi connectivity index (χ2v) is 5.29. The van der Waals surface area contributed by atoms with E-state index in [-0.39, 0.29) is 24.7 Å². The molecule has 1 aromatic carbocycles. The molecule has 0 saturated carbocycles. The van der Waals surface area contributed by atoms with Gasteiger partial charge in [-0.3, -0.25) is 20.0 Å². The van der Waals surface area contributed by atoms with Crippen molar-refractivity contribution in [3.05, 3.63) is 35.7 Å². The summed E-state index contributed by atoms with van der Waals surface area (Å²) in [4.78, 5) is 26.9. The summed E-state index contributed by atoms with van der Waals surface area (Å²) in [5, 5.41) is 9.93. The van der Waals surface area contributed by atoms with Gasteiger partial charge in [-0.15, -0.1) is 5.10 Å². The van der Waals surface area contributed by atoms with Gasteiger partial charge in [0, 0.05) is 24.4 Å². The van der Waals surface area contributed by atoms with Crippen LogP contribution in [0.25, 0.3) is 0 Å². The van der Waals surface area contributed by atoms with Gasteiger partial charge in [-0.2, -0.15) is 18.2 Å². The van der Waals surface area contributed by atoms with Gasteiger partial charge in [0.25, 0.3) is 0 Å². The molecule has 0 saturated heterocycles. The molecule has 2 amide bonds. The quantitative estimate of drug-likeness (QED) is 0.799. The summed E-state index contributed by atoms with van der Waals surface area (Å²) in [5.41, 5.74) is 1.43. The van der Waals surface area contributed by atoms with E-state index < -0.39 is 23.9 Å². The van der Waals surface area contributed by atoms with E-state index in [0.717, 1.165) is 5.56 Å². The van der Waals surface area contributed by atoms with E-state index in [1.165, 1.54) is 0 Å². The van der Waals surface area contributed by atoms with Crippen LogP contribution in [-0.4, -0.2) is 27.0 Å².